The average Bonchev–Trinajstić information content (AvgIpc) is 3.08. The SMILES string of the molecule is CCCn1cnc2sc3c(c2c1=O)CCN(C(=O)c1cccc(OC)c1)C3. The Balaban J connectivity index is 1.66. The van der Waals surface area contributed by atoms with Gasteiger partial charge < -0.3 is 9.64 Å². The molecular formula is C20H21N3O3S. The molecule has 0 N–H and O–H groups in total. The summed E-state index contributed by atoms with van der Waals surface area (Å²) in [5, 5.41) is 0.736. The van der Waals surface area contributed by atoms with Crippen molar-refractivity contribution in [1.82, 2.24) is 14.5 Å². The molecular weight excluding hydrogens is 362 g/mol. The second-order valence-electron chi connectivity index (χ2n) is 6.64. The summed E-state index contributed by atoms with van der Waals surface area (Å²) in [4.78, 5) is 33.8. The number of aryl methyl sites for hydroxylation is 1. The topological polar surface area (TPSA) is 64.4 Å². The molecule has 6 nitrogen and oxygen atoms in total. The molecule has 0 unspecified atom stereocenters. The summed E-state index contributed by atoms with van der Waals surface area (Å²) in [7, 11) is 1.59. The van der Waals surface area contributed by atoms with Crippen LogP contribution in [0.3, 0.4) is 0 Å². The number of amides is 1. The van der Waals surface area contributed by atoms with Gasteiger partial charge in [-0.25, -0.2) is 4.98 Å². The molecule has 140 valence electrons. The lowest BCUT2D eigenvalue weighted by Crippen LogP contribution is -2.35. The van der Waals surface area contributed by atoms with E-state index in [1.807, 2.05) is 24.0 Å². The van der Waals surface area contributed by atoms with Gasteiger partial charge in [0, 0.05) is 23.5 Å². The Labute approximate surface area is 161 Å². The third-order valence-corrected chi connectivity index (χ3v) is 6.02. The van der Waals surface area contributed by atoms with Gasteiger partial charge in [-0.1, -0.05) is 13.0 Å². The van der Waals surface area contributed by atoms with Gasteiger partial charge >= 0.3 is 0 Å². The smallest absolute Gasteiger partial charge is 0.262 e. The molecule has 1 amide bonds. The van der Waals surface area contributed by atoms with Crippen LogP contribution in [0.5, 0.6) is 5.75 Å². The van der Waals surface area contributed by atoms with Gasteiger partial charge in [-0.05, 0) is 36.6 Å². The van der Waals surface area contributed by atoms with Crippen molar-refractivity contribution in [3.63, 3.8) is 0 Å². The second kappa shape index (κ2) is 7.15. The number of aromatic nitrogens is 2. The summed E-state index contributed by atoms with van der Waals surface area (Å²) < 4.78 is 6.90. The molecule has 0 aliphatic carbocycles. The molecule has 3 heterocycles. The minimum absolute atomic E-state index is 0.0200. The van der Waals surface area contributed by atoms with Crippen LogP contribution in [0.2, 0.25) is 0 Å². The van der Waals surface area contributed by atoms with E-state index in [9.17, 15) is 9.59 Å². The van der Waals surface area contributed by atoms with Crippen LogP contribution in [0.15, 0.2) is 35.4 Å². The zero-order chi connectivity index (χ0) is 19.0. The molecule has 4 rings (SSSR count). The molecule has 3 aromatic rings. The van der Waals surface area contributed by atoms with Gasteiger partial charge in [0.2, 0.25) is 0 Å². The van der Waals surface area contributed by atoms with Gasteiger partial charge in [-0.2, -0.15) is 0 Å². The van der Waals surface area contributed by atoms with Crippen molar-refractivity contribution in [2.45, 2.75) is 32.9 Å². The minimum atomic E-state index is -0.0200. The Morgan fingerprint density at radius 3 is 3.00 bits per heavy atom. The number of methoxy groups -OCH3 is 1. The standard InChI is InChI=1S/C20H21N3O3S/c1-3-8-23-12-21-18-17(20(23)25)15-7-9-22(11-16(15)27-18)19(24)13-5-4-6-14(10-13)26-2/h4-6,10,12H,3,7-9,11H2,1-2H3. The van der Waals surface area contributed by atoms with E-state index in [2.05, 4.69) is 4.98 Å². The van der Waals surface area contributed by atoms with Crippen LogP contribution >= 0.6 is 11.3 Å². The molecule has 0 radical (unpaired) electrons. The summed E-state index contributed by atoms with van der Waals surface area (Å²) in [6, 6.07) is 7.20. The fraction of sp³-hybridized carbons (Fsp3) is 0.350. The number of nitrogens with zero attached hydrogens (tertiary/aromatic N) is 3. The molecule has 1 aliphatic heterocycles. The molecule has 2 aromatic heterocycles. The lowest BCUT2D eigenvalue weighted by molar-refractivity contribution is 0.0737. The van der Waals surface area contributed by atoms with Crippen molar-refractivity contribution in [1.29, 1.82) is 0 Å². The Morgan fingerprint density at radius 1 is 1.37 bits per heavy atom. The van der Waals surface area contributed by atoms with Gasteiger partial charge in [-0.3, -0.25) is 14.2 Å². The zero-order valence-corrected chi connectivity index (χ0v) is 16.2. The first-order valence-electron chi connectivity index (χ1n) is 9.05. The van der Waals surface area contributed by atoms with E-state index in [1.54, 1.807) is 30.1 Å². The van der Waals surface area contributed by atoms with Crippen molar-refractivity contribution in [2.75, 3.05) is 13.7 Å². The molecule has 0 atom stereocenters. The first-order valence-corrected chi connectivity index (χ1v) is 9.87. The van der Waals surface area contributed by atoms with Crippen LogP contribution in [0, 0.1) is 0 Å². The first kappa shape index (κ1) is 17.7. The van der Waals surface area contributed by atoms with E-state index in [0.29, 0.717) is 37.4 Å². The lowest BCUT2D eigenvalue weighted by Gasteiger charge is -2.27. The molecule has 0 fully saturated rings. The van der Waals surface area contributed by atoms with Crippen molar-refractivity contribution in [3.05, 3.63) is 57.0 Å². The third kappa shape index (κ3) is 3.12. The highest BCUT2D eigenvalue weighted by atomic mass is 32.1. The number of hydrogen-bond donors (Lipinski definition) is 0. The van der Waals surface area contributed by atoms with Crippen LogP contribution in [0.4, 0.5) is 0 Å². The first-order chi connectivity index (χ1) is 13.1. The highest BCUT2D eigenvalue weighted by molar-refractivity contribution is 7.18. The van der Waals surface area contributed by atoms with Gasteiger partial charge in [-0.15, -0.1) is 11.3 Å². The Morgan fingerprint density at radius 2 is 2.22 bits per heavy atom. The number of carbonyl (C=O) groups is 1. The largest absolute Gasteiger partial charge is 0.497 e. The predicted octanol–water partition coefficient (Wildman–Crippen LogP) is 3.08. The summed E-state index contributed by atoms with van der Waals surface area (Å²) in [6.45, 7) is 3.82. The van der Waals surface area contributed by atoms with Gasteiger partial charge in [0.15, 0.2) is 0 Å². The van der Waals surface area contributed by atoms with E-state index in [-0.39, 0.29) is 11.5 Å². The average molecular weight is 383 g/mol. The van der Waals surface area contributed by atoms with E-state index in [0.717, 1.165) is 27.1 Å². The number of ether oxygens (including phenoxy) is 1. The minimum Gasteiger partial charge on any atom is -0.497 e. The van der Waals surface area contributed by atoms with Crippen LogP contribution in [-0.2, 0) is 19.5 Å². The lowest BCUT2D eigenvalue weighted by atomic mass is 10.0. The monoisotopic (exact) mass is 383 g/mol. The number of fused-ring (bicyclic) bond motifs is 3. The van der Waals surface area contributed by atoms with E-state index < -0.39 is 0 Å². The summed E-state index contributed by atoms with van der Waals surface area (Å²) >= 11 is 1.52. The fourth-order valence-corrected chi connectivity index (χ4v) is 4.72. The van der Waals surface area contributed by atoms with Crippen molar-refractivity contribution in [2.24, 2.45) is 0 Å². The van der Waals surface area contributed by atoms with Crippen molar-refractivity contribution >= 4 is 27.5 Å². The normalized spacial score (nSPS) is 13.6. The van der Waals surface area contributed by atoms with Crippen LogP contribution in [-0.4, -0.2) is 34.0 Å². The molecule has 1 aliphatic rings. The maximum Gasteiger partial charge on any atom is 0.262 e. The maximum absolute atomic E-state index is 12.9. The quantitative estimate of drug-likeness (QED) is 0.695. The zero-order valence-electron chi connectivity index (χ0n) is 15.4. The van der Waals surface area contributed by atoms with Crippen LogP contribution in [0.25, 0.3) is 10.2 Å². The van der Waals surface area contributed by atoms with Gasteiger partial charge in [0.1, 0.15) is 10.6 Å². The van der Waals surface area contributed by atoms with E-state index in [4.69, 9.17) is 4.74 Å². The van der Waals surface area contributed by atoms with Crippen LogP contribution < -0.4 is 10.3 Å². The molecule has 1 aromatic carbocycles. The third-order valence-electron chi connectivity index (χ3n) is 4.90. The number of carbonyl (C=O) groups excluding carboxylic acids is 1. The van der Waals surface area contributed by atoms with Crippen molar-refractivity contribution < 1.29 is 9.53 Å². The highest BCUT2D eigenvalue weighted by Crippen LogP contribution is 2.32. The number of hydrogen-bond acceptors (Lipinski definition) is 5. The van der Waals surface area contributed by atoms with Crippen molar-refractivity contribution in [3.8, 4) is 5.75 Å². The maximum atomic E-state index is 12.9. The van der Waals surface area contributed by atoms with Crippen LogP contribution in [0.1, 0.15) is 34.1 Å². The number of benzene rings is 1. The highest BCUT2D eigenvalue weighted by Gasteiger charge is 2.27. The van der Waals surface area contributed by atoms with E-state index >= 15 is 0 Å². The van der Waals surface area contributed by atoms with Gasteiger partial charge in [0.05, 0.1) is 25.4 Å². The molecule has 0 saturated heterocycles. The van der Waals surface area contributed by atoms with E-state index in [1.165, 1.54) is 11.3 Å². The predicted molar refractivity (Wildman–Crippen MR) is 106 cm³/mol. The molecule has 0 saturated carbocycles. The summed E-state index contributed by atoms with van der Waals surface area (Å²) in [5.74, 6) is 0.648. The Bertz CT molecular complexity index is 1070. The molecule has 0 spiro atoms. The Hall–Kier alpha value is -2.67. The molecule has 0 bridgehead atoms. The number of rotatable bonds is 4. The molecule has 7 heteroatoms. The fourth-order valence-electron chi connectivity index (χ4n) is 3.53. The summed E-state index contributed by atoms with van der Waals surface area (Å²) in [6.07, 6.45) is 3.20. The second-order valence-corrected chi connectivity index (χ2v) is 7.72. The summed E-state index contributed by atoms with van der Waals surface area (Å²) in [5.41, 5.74) is 1.71. The molecule has 27 heavy (non-hydrogen) atoms. The number of thiophene rings is 1. The Kier molecular flexibility index (Phi) is 4.70. The van der Waals surface area contributed by atoms with Gasteiger partial charge in [0.25, 0.3) is 11.5 Å².